The van der Waals surface area contributed by atoms with Crippen LogP contribution in [0.25, 0.3) is 0 Å². The second-order valence-corrected chi connectivity index (χ2v) is 11.3. The number of benzene rings is 2. The zero-order valence-electron chi connectivity index (χ0n) is 20.9. The van der Waals surface area contributed by atoms with Gasteiger partial charge in [-0.3, -0.25) is 4.79 Å². The van der Waals surface area contributed by atoms with Crippen molar-refractivity contribution in [2.24, 2.45) is 5.73 Å². The van der Waals surface area contributed by atoms with Gasteiger partial charge < -0.3 is 11.1 Å². The maximum atomic E-state index is 12.4. The number of nitrogens with one attached hydrogen (secondary N) is 1. The van der Waals surface area contributed by atoms with Crippen LogP contribution in [0.4, 0.5) is 0 Å². The van der Waals surface area contributed by atoms with Gasteiger partial charge in [0.15, 0.2) is 9.84 Å². The molecule has 0 aliphatic carbocycles. The summed E-state index contributed by atoms with van der Waals surface area (Å²) in [5, 5.41) is 3.01. The lowest BCUT2D eigenvalue weighted by Crippen LogP contribution is -2.24. The second kappa shape index (κ2) is 14.9. The smallest absolute Gasteiger partial charge is 0.251 e. The van der Waals surface area contributed by atoms with Crippen LogP contribution in [0, 0.1) is 0 Å². The van der Waals surface area contributed by atoms with Gasteiger partial charge in [0, 0.05) is 24.4 Å². The predicted molar refractivity (Wildman–Crippen MR) is 141 cm³/mol. The molecule has 0 saturated heterocycles. The van der Waals surface area contributed by atoms with E-state index in [2.05, 4.69) is 12.2 Å². The normalized spacial score (nSPS) is 12.4. The molecular formula is C28H42N2O3S. The highest BCUT2D eigenvalue weighted by Gasteiger charge is 2.11. The number of amides is 1. The molecule has 3 N–H and O–H groups in total. The van der Waals surface area contributed by atoms with Gasteiger partial charge in [0.2, 0.25) is 0 Å². The number of unbranched alkanes of at least 4 members (excludes halogenated alkanes) is 9. The Bertz CT molecular complexity index is 954. The minimum atomic E-state index is -3.21. The summed E-state index contributed by atoms with van der Waals surface area (Å²) >= 11 is 0. The lowest BCUT2D eigenvalue weighted by atomic mass is 9.99. The average Bonchev–Trinajstić information content (AvgIpc) is 2.82. The van der Waals surface area contributed by atoms with Crippen LogP contribution in [0.2, 0.25) is 0 Å². The summed E-state index contributed by atoms with van der Waals surface area (Å²) in [5.74, 6) is -0.0388. The van der Waals surface area contributed by atoms with Crippen molar-refractivity contribution >= 4 is 15.7 Å². The Kier molecular flexibility index (Phi) is 12.3. The van der Waals surface area contributed by atoms with E-state index in [1.54, 1.807) is 24.3 Å². The fourth-order valence-electron chi connectivity index (χ4n) is 4.04. The quantitative estimate of drug-likeness (QED) is 0.286. The molecule has 2 aromatic rings. The molecule has 1 atom stereocenters. The molecule has 0 saturated carbocycles. The highest BCUT2D eigenvalue weighted by atomic mass is 32.2. The molecule has 2 rings (SSSR count). The van der Waals surface area contributed by atoms with Crippen molar-refractivity contribution in [2.45, 2.75) is 88.5 Å². The summed E-state index contributed by atoms with van der Waals surface area (Å²) in [4.78, 5) is 12.7. The summed E-state index contributed by atoms with van der Waals surface area (Å²) in [5.41, 5.74) is 8.88. The van der Waals surface area contributed by atoms with Gasteiger partial charge in [0.1, 0.15) is 0 Å². The highest BCUT2D eigenvalue weighted by molar-refractivity contribution is 7.90. The topological polar surface area (TPSA) is 89.3 Å². The first-order valence-electron chi connectivity index (χ1n) is 12.7. The van der Waals surface area contributed by atoms with E-state index < -0.39 is 9.84 Å². The van der Waals surface area contributed by atoms with Crippen LogP contribution in [0.3, 0.4) is 0 Å². The lowest BCUT2D eigenvalue weighted by Gasteiger charge is -2.13. The molecule has 188 valence electrons. The number of hydrogen-bond acceptors (Lipinski definition) is 4. The first-order chi connectivity index (χ1) is 16.3. The van der Waals surface area contributed by atoms with Crippen molar-refractivity contribution < 1.29 is 13.2 Å². The van der Waals surface area contributed by atoms with E-state index in [1.807, 2.05) is 24.3 Å². The van der Waals surface area contributed by atoms with Crippen molar-refractivity contribution in [3.05, 3.63) is 65.2 Å². The summed E-state index contributed by atoms with van der Waals surface area (Å²) < 4.78 is 23.2. The van der Waals surface area contributed by atoms with Crippen LogP contribution in [0.15, 0.2) is 53.4 Å². The zero-order chi connectivity index (χ0) is 24.8. The molecule has 1 amide bonds. The van der Waals surface area contributed by atoms with Gasteiger partial charge in [0.05, 0.1) is 4.90 Å². The molecule has 0 aliphatic rings. The number of carbonyl (C=O) groups is 1. The van der Waals surface area contributed by atoms with E-state index in [9.17, 15) is 13.2 Å². The molecule has 2 aromatic carbocycles. The summed E-state index contributed by atoms with van der Waals surface area (Å²) in [6.45, 7) is 2.96. The summed E-state index contributed by atoms with van der Waals surface area (Å²) in [7, 11) is -3.21. The van der Waals surface area contributed by atoms with Crippen LogP contribution in [-0.4, -0.2) is 27.1 Å². The third-order valence-electron chi connectivity index (χ3n) is 6.22. The van der Waals surface area contributed by atoms with Gasteiger partial charge in [-0.15, -0.1) is 0 Å². The molecule has 5 nitrogen and oxygen atoms in total. The van der Waals surface area contributed by atoms with Gasteiger partial charge in [-0.2, -0.15) is 0 Å². The average molecular weight is 487 g/mol. The molecule has 0 heterocycles. The van der Waals surface area contributed by atoms with E-state index >= 15 is 0 Å². The van der Waals surface area contributed by atoms with Crippen molar-refractivity contribution in [1.82, 2.24) is 5.32 Å². The van der Waals surface area contributed by atoms with Crippen LogP contribution in [0.5, 0.6) is 0 Å². The summed E-state index contributed by atoms with van der Waals surface area (Å²) in [6.07, 6.45) is 14.6. The Hall–Kier alpha value is -2.18. The van der Waals surface area contributed by atoms with Gasteiger partial charge in [-0.25, -0.2) is 8.42 Å². The zero-order valence-corrected chi connectivity index (χ0v) is 21.7. The first-order valence-corrected chi connectivity index (χ1v) is 14.6. The van der Waals surface area contributed by atoms with Crippen LogP contribution < -0.4 is 11.1 Å². The van der Waals surface area contributed by atoms with Gasteiger partial charge >= 0.3 is 0 Å². The van der Waals surface area contributed by atoms with Crippen molar-refractivity contribution in [2.75, 3.05) is 12.8 Å². The van der Waals surface area contributed by atoms with Crippen molar-refractivity contribution in [1.29, 1.82) is 0 Å². The molecule has 6 heteroatoms. The lowest BCUT2D eigenvalue weighted by molar-refractivity contribution is 0.0953. The van der Waals surface area contributed by atoms with E-state index in [1.165, 1.54) is 57.6 Å². The molecule has 0 radical (unpaired) electrons. The third-order valence-corrected chi connectivity index (χ3v) is 7.35. The largest absolute Gasteiger partial charge is 0.352 e. The standard InChI is InChI=1S/C28H42N2O3S/c1-3-4-5-6-7-8-9-10-11-12-21-30-28(31)25-15-13-23(14-16-25)22-27(29)24-17-19-26(20-18-24)34(2,32)33/h13-20,27H,3-12,21-22,29H2,1-2H3,(H,30,31). The van der Waals surface area contributed by atoms with Gasteiger partial charge in [-0.1, -0.05) is 89.0 Å². The third kappa shape index (κ3) is 10.4. The van der Waals surface area contributed by atoms with Crippen LogP contribution in [-0.2, 0) is 16.3 Å². The van der Waals surface area contributed by atoms with Crippen molar-refractivity contribution in [3.8, 4) is 0 Å². The monoisotopic (exact) mass is 486 g/mol. The Balaban J connectivity index is 1.66. The highest BCUT2D eigenvalue weighted by Crippen LogP contribution is 2.19. The number of rotatable bonds is 16. The molecule has 34 heavy (non-hydrogen) atoms. The van der Waals surface area contributed by atoms with E-state index in [-0.39, 0.29) is 16.8 Å². The minimum absolute atomic E-state index is 0.0388. The Morgan fingerprint density at radius 1 is 0.824 bits per heavy atom. The molecular weight excluding hydrogens is 444 g/mol. The number of hydrogen-bond donors (Lipinski definition) is 2. The first kappa shape index (κ1) is 28.1. The molecule has 1 unspecified atom stereocenters. The Morgan fingerprint density at radius 2 is 1.35 bits per heavy atom. The molecule has 0 fully saturated rings. The maximum Gasteiger partial charge on any atom is 0.251 e. The predicted octanol–water partition coefficient (Wildman–Crippen LogP) is 5.98. The second-order valence-electron chi connectivity index (χ2n) is 9.29. The Labute approximate surface area is 206 Å². The van der Waals surface area contributed by atoms with E-state index in [0.717, 1.165) is 24.0 Å². The number of carbonyl (C=O) groups excluding carboxylic acids is 1. The van der Waals surface area contributed by atoms with Crippen LogP contribution in [0.1, 0.15) is 98.7 Å². The number of nitrogens with two attached hydrogens (primary N) is 1. The number of sulfone groups is 1. The van der Waals surface area contributed by atoms with E-state index in [0.29, 0.717) is 18.5 Å². The molecule has 0 bridgehead atoms. The fourth-order valence-corrected chi connectivity index (χ4v) is 4.67. The van der Waals surface area contributed by atoms with Gasteiger partial charge in [-0.05, 0) is 48.2 Å². The molecule has 0 aromatic heterocycles. The maximum absolute atomic E-state index is 12.4. The minimum Gasteiger partial charge on any atom is -0.352 e. The van der Waals surface area contributed by atoms with Gasteiger partial charge in [0.25, 0.3) is 5.91 Å². The van der Waals surface area contributed by atoms with Crippen LogP contribution >= 0.6 is 0 Å². The van der Waals surface area contributed by atoms with E-state index in [4.69, 9.17) is 5.73 Å². The van der Waals surface area contributed by atoms with Crippen molar-refractivity contribution in [3.63, 3.8) is 0 Å². The SMILES string of the molecule is CCCCCCCCCCCCNC(=O)c1ccc(CC(N)c2ccc(S(C)(=O)=O)cc2)cc1. The molecule has 0 spiro atoms. The fraction of sp³-hybridized carbons (Fsp3) is 0.536. The summed E-state index contributed by atoms with van der Waals surface area (Å²) in [6, 6.07) is 14.0. The Morgan fingerprint density at radius 3 is 1.88 bits per heavy atom. The molecule has 0 aliphatic heterocycles.